The molecule has 2 atom stereocenters. The minimum Gasteiger partial charge on any atom is -0.464 e. The van der Waals surface area contributed by atoms with E-state index in [1.54, 1.807) is 31.2 Å². The number of carbonyl (C=O) groups is 2. The molecule has 0 saturated carbocycles. The Morgan fingerprint density at radius 3 is 2.68 bits per heavy atom. The highest BCUT2D eigenvalue weighted by molar-refractivity contribution is 5.84. The number of benzene rings is 1. The van der Waals surface area contributed by atoms with Gasteiger partial charge in [-0.25, -0.2) is 4.79 Å². The predicted octanol–water partition coefficient (Wildman–Crippen LogP) is 0.370. The molecule has 0 aliphatic rings. The molecule has 0 heterocycles. The number of ether oxygens (including phenoxy) is 1. The zero-order valence-electron chi connectivity index (χ0n) is 10.9. The number of aliphatic hydroxyl groups excluding tert-OH is 1. The van der Waals surface area contributed by atoms with Gasteiger partial charge in [0.25, 0.3) is 0 Å². The molecule has 0 unspecified atom stereocenters. The van der Waals surface area contributed by atoms with Crippen LogP contribution in [0.4, 0.5) is 5.69 Å². The summed E-state index contributed by atoms with van der Waals surface area (Å²) in [6.45, 7) is 3.08. The van der Waals surface area contributed by atoms with E-state index in [4.69, 9.17) is 10.5 Å². The highest BCUT2D eigenvalue weighted by atomic mass is 16.5. The van der Waals surface area contributed by atoms with Gasteiger partial charge in [0.1, 0.15) is 6.10 Å². The number of anilines is 1. The number of nitrogens with two attached hydrogens (primary N) is 1. The largest absolute Gasteiger partial charge is 0.464 e. The van der Waals surface area contributed by atoms with Crippen LogP contribution < -0.4 is 11.1 Å². The molecule has 19 heavy (non-hydrogen) atoms. The van der Waals surface area contributed by atoms with Crippen LogP contribution in [0.1, 0.15) is 25.5 Å². The molecule has 0 saturated heterocycles. The van der Waals surface area contributed by atoms with Crippen molar-refractivity contribution >= 4 is 17.6 Å². The fourth-order valence-corrected chi connectivity index (χ4v) is 1.65. The molecule has 0 radical (unpaired) electrons. The SMILES string of the molecule is CCOC(=O)[C@@H](NC(C)=O)[C@@H](O)c1cccc(N)c1. The molecule has 0 aliphatic heterocycles. The van der Waals surface area contributed by atoms with Crippen LogP contribution >= 0.6 is 0 Å². The summed E-state index contributed by atoms with van der Waals surface area (Å²) in [5, 5.41) is 12.6. The standard InChI is InChI=1S/C13H18N2O4/c1-3-19-13(18)11(15-8(2)16)12(17)9-5-4-6-10(14)7-9/h4-7,11-12,17H,3,14H2,1-2H3,(H,15,16)/t11-,12-/m0/s1. The molecule has 104 valence electrons. The van der Waals surface area contributed by atoms with E-state index in [1.807, 2.05) is 0 Å². The van der Waals surface area contributed by atoms with Gasteiger partial charge in [0.05, 0.1) is 6.61 Å². The smallest absolute Gasteiger partial charge is 0.331 e. The van der Waals surface area contributed by atoms with Crippen molar-refractivity contribution in [2.75, 3.05) is 12.3 Å². The van der Waals surface area contributed by atoms with Crippen LogP contribution in [0.5, 0.6) is 0 Å². The van der Waals surface area contributed by atoms with E-state index >= 15 is 0 Å². The van der Waals surface area contributed by atoms with Crippen molar-refractivity contribution in [3.8, 4) is 0 Å². The minimum atomic E-state index is -1.22. The van der Waals surface area contributed by atoms with Gasteiger partial charge in [0.15, 0.2) is 6.04 Å². The molecule has 0 aromatic heterocycles. The molecule has 4 N–H and O–H groups in total. The van der Waals surface area contributed by atoms with Gasteiger partial charge in [-0.15, -0.1) is 0 Å². The summed E-state index contributed by atoms with van der Waals surface area (Å²) in [7, 11) is 0. The third-order valence-electron chi connectivity index (χ3n) is 2.47. The highest BCUT2D eigenvalue weighted by Crippen LogP contribution is 2.20. The first-order valence-electron chi connectivity index (χ1n) is 5.93. The first-order valence-corrected chi connectivity index (χ1v) is 5.93. The Balaban J connectivity index is 2.96. The Labute approximate surface area is 111 Å². The number of nitrogen functional groups attached to an aromatic ring is 1. The van der Waals surface area contributed by atoms with Crippen LogP contribution in [-0.2, 0) is 14.3 Å². The van der Waals surface area contributed by atoms with E-state index in [1.165, 1.54) is 6.92 Å². The second-order valence-corrected chi connectivity index (χ2v) is 4.05. The van der Waals surface area contributed by atoms with E-state index < -0.39 is 24.0 Å². The van der Waals surface area contributed by atoms with Crippen molar-refractivity contribution in [1.29, 1.82) is 0 Å². The molecule has 1 rings (SSSR count). The summed E-state index contributed by atoms with van der Waals surface area (Å²) in [6.07, 6.45) is -1.22. The fourth-order valence-electron chi connectivity index (χ4n) is 1.65. The Morgan fingerprint density at radius 2 is 2.16 bits per heavy atom. The van der Waals surface area contributed by atoms with Crippen molar-refractivity contribution in [2.45, 2.75) is 26.0 Å². The van der Waals surface area contributed by atoms with Gasteiger partial charge in [0.2, 0.25) is 5.91 Å². The van der Waals surface area contributed by atoms with E-state index in [-0.39, 0.29) is 6.61 Å². The lowest BCUT2D eigenvalue weighted by Gasteiger charge is -2.22. The number of hydrogen-bond acceptors (Lipinski definition) is 5. The van der Waals surface area contributed by atoms with Crippen molar-refractivity contribution in [3.05, 3.63) is 29.8 Å². The lowest BCUT2D eigenvalue weighted by Crippen LogP contribution is -2.45. The fraction of sp³-hybridized carbons (Fsp3) is 0.385. The van der Waals surface area contributed by atoms with Gasteiger partial charge >= 0.3 is 5.97 Å². The Bertz CT molecular complexity index is 462. The first-order chi connectivity index (χ1) is 8.95. The number of amides is 1. The Morgan fingerprint density at radius 1 is 1.47 bits per heavy atom. The average molecular weight is 266 g/mol. The molecule has 6 nitrogen and oxygen atoms in total. The number of aliphatic hydroxyl groups is 1. The summed E-state index contributed by atoms with van der Waals surface area (Å²) in [5.41, 5.74) is 6.51. The number of hydrogen-bond donors (Lipinski definition) is 3. The van der Waals surface area contributed by atoms with Gasteiger partial charge in [-0.1, -0.05) is 12.1 Å². The molecule has 1 amide bonds. The van der Waals surface area contributed by atoms with Crippen LogP contribution in [0.2, 0.25) is 0 Å². The van der Waals surface area contributed by atoms with Crippen molar-refractivity contribution < 1.29 is 19.4 Å². The van der Waals surface area contributed by atoms with E-state index in [0.717, 1.165) is 0 Å². The van der Waals surface area contributed by atoms with Gasteiger partial charge in [-0.2, -0.15) is 0 Å². The summed E-state index contributed by atoms with van der Waals surface area (Å²) in [5.74, 6) is -1.12. The van der Waals surface area contributed by atoms with E-state index in [2.05, 4.69) is 5.32 Å². The predicted molar refractivity (Wildman–Crippen MR) is 70.1 cm³/mol. The number of rotatable bonds is 5. The molecule has 0 bridgehead atoms. The number of carbonyl (C=O) groups excluding carboxylic acids is 2. The van der Waals surface area contributed by atoms with Crippen LogP contribution in [0.3, 0.4) is 0 Å². The normalized spacial score (nSPS) is 13.4. The van der Waals surface area contributed by atoms with Crippen molar-refractivity contribution in [2.24, 2.45) is 0 Å². The monoisotopic (exact) mass is 266 g/mol. The molecule has 0 spiro atoms. The van der Waals surface area contributed by atoms with Crippen molar-refractivity contribution in [1.82, 2.24) is 5.32 Å². The Kier molecular flexibility index (Phi) is 5.32. The summed E-state index contributed by atoms with van der Waals surface area (Å²) >= 11 is 0. The van der Waals surface area contributed by atoms with Crippen LogP contribution in [0.25, 0.3) is 0 Å². The van der Waals surface area contributed by atoms with Gasteiger partial charge < -0.3 is 20.9 Å². The van der Waals surface area contributed by atoms with Gasteiger partial charge in [-0.05, 0) is 24.6 Å². The van der Waals surface area contributed by atoms with Gasteiger partial charge in [0, 0.05) is 12.6 Å². The molecular weight excluding hydrogens is 248 g/mol. The van der Waals surface area contributed by atoms with E-state index in [0.29, 0.717) is 11.3 Å². The highest BCUT2D eigenvalue weighted by Gasteiger charge is 2.30. The number of nitrogens with one attached hydrogen (secondary N) is 1. The van der Waals surface area contributed by atoms with Crippen LogP contribution in [0.15, 0.2) is 24.3 Å². The molecule has 0 aliphatic carbocycles. The molecule has 0 fully saturated rings. The first kappa shape index (κ1) is 15.0. The lowest BCUT2D eigenvalue weighted by molar-refractivity contribution is -0.150. The molecule has 6 heteroatoms. The molecular formula is C13H18N2O4. The van der Waals surface area contributed by atoms with Crippen LogP contribution in [0, 0.1) is 0 Å². The third kappa shape index (κ3) is 4.26. The maximum atomic E-state index is 11.8. The Hall–Kier alpha value is -2.08. The maximum Gasteiger partial charge on any atom is 0.331 e. The van der Waals surface area contributed by atoms with Crippen LogP contribution in [-0.4, -0.2) is 29.6 Å². The maximum absolute atomic E-state index is 11.8. The van der Waals surface area contributed by atoms with E-state index in [9.17, 15) is 14.7 Å². The molecule has 1 aromatic carbocycles. The van der Waals surface area contributed by atoms with Crippen molar-refractivity contribution in [3.63, 3.8) is 0 Å². The number of esters is 1. The summed E-state index contributed by atoms with van der Waals surface area (Å²) < 4.78 is 4.83. The zero-order chi connectivity index (χ0) is 14.4. The van der Waals surface area contributed by atoms with Gasteiger partial charge in [-0.3, -0.25) is 4.79 Å². The summed E-state index contributed by atoms with van der Waals surface area (Å²) in [6, 6.07) is 5.32. The average Bonchev–Trinajstić information content (AvgIpc) is 2.35. The summed E-state index contributed by atoms with van der Waals surface area (Å²) in [4.78, 5) is 22.9. The third-order valence-corrected chi connectivity index (χ3v) is 2.47. The minimum absolute atomic E-state index is 0.165. The lowest BCUT2D eigenvalue weighted by atomic mass is 10.0. The zero-order valence-corrected chi connectivity index (χ0v) is 10.9. The topological polar surface area (TPSA) is 102 Å². The quantitative estimate of drug-likeness (QED) is 0.528. The molecule has 1 aromatic rings. The second kappa shape index (κ2) is 6.75. The second-order valence-electron chi connectivity index (χ2n) is 4.05.